The molecule has 0 bridgehead atoms. The molecule has 102 valence electrons. The molecule has 0 spiro atoms. The van der Waals surface area contributed by atoms with Crippen LogP contribution < -0.4 is 0 Å². The van der Waals surface area contributed by atoms with Crippen molar-refractivity contribution in [2.75, 3.05) is 13.7 Å². The molecule has 2 aliphatic carbocycles. The first kappa shape index (κ1) is 13.9. The van der Waals surface area contributed by atoms with Crippen molar-refractivity contribution in [2.45, 2.75) is 58.3 Å². The molecule has 0 aromatic rings. The predicted octanol–water partition coefficient (Wildman–Crippen LogP) is 4.16. The van der Waals surface area contributed by atoms with E-state index in [0.29, 0.717) is 6.61 Å². The van der Waals surface area contributed by atoms with E-state index in [4.69, 9.17) is 4.74 Å². The molecule has 0 radical (unpaired) electrons. The van der Waals surface area contributed by atoms with E-state index in [-0.39, 0.29) is 5.41 Å². The number of nitriles is 1. The molecule has 0 amide bonds. The summed E-state index contributed by atoms with van der Waals surface area (Å²) in [5.74, 6) is 2.77. The summed E-state index contributed by atoms with van der Waals surface area (Å²) in [5, 5.41) is 9.37. The molecule has 0 saturated heterocycles. The quantitative estimate of drug-likeness (QED) is 0.752. The van der Waals surface area contributed by atoms with E-state index in [2.05, 4.69) is 13.0 Å². The second kappa shape index (κ2) is 6.06. The van der Waals surface area contributed by atoms with Crippen LogP contribution in [-0.4, -0.2) is 13.7 Å². The van der Waals surface area contributed by atoms with Crippen molar-refractivity contribution < 1.29 is 4.74 Å². The van der Waals surface area contributed by atoms with Crippen LogP contribution in [0, 0.1) is 34.5 Å². The lowest BCUT2D eigenvalue weighted by Gasteiger charge is -2.40. The van der Waals surface area contributed by atoms with Crippen molar-refractivity contribution in [3.63, 3.8) is 0 Å². The second-order valence-electron chi connectivity index (χ2n) is 6.68. The maximum Gasteiger partial charge on any atom is 0.0807 e. The van der Waals surface area contributed by atoms with Crippen molar-refractivity contribution in [3.8, 4) is 6.07 Å². The molecule has 2 rings (SSSR count). The van der Waals surface area contributed by atoms with Crippen LogP contribution in [0.5, 0.6) is 0 Å². The van der Waals surface area contributed by atoms with Gasteiger partial charge in [0.05, 0.1) is 18.1 Å². The molecule has 18 heavy (non-hydrogen) atoms. The fraction of sp³-hybridized carbons (Fsp3) is 0.938. The van der Waals surface area contributed by atoms with Crippen molar-refractivity contribution in [1.82, 2.24) is 0 Å². The lowest BCUT2D eigenvalue weighted by Crippen LogP contribution is -2.33. The van der Waals surface area contributed by atoms with E-state index in [1.807, 2.05) is 0 Å². The fourth-order valence-corrected chi connectivity index (χ4v) is 3.99. The summed E-state index contributed by atoms with van der Waals surface area (Å²) >= 11 is 0. The van der Waals surface area contributed by atoms with E-state index in [1.54, 1.807) is 7.11 Å². The van der Waals surface area contributed by atoms with Gasteiger partial charge in [-0.1, -0.05) is 19.8 Å². The Labute approximate surface area is 112 Å². The third-order valence-electron chi connectivity index (χ3n) is 5.37. The molecule has 2 heteroatoms. The first-order chi connectivity index (χ1) is 8.69. The zero-order valence-electron chi connectivity index (χ0n) is 12.0. The molecule has 0 aromatic carbocycles. The van der Waals surface area contributed by atoms with Gasteiger partial charge >= 0.3 is 0 Å². The number of hydrogen-bond donors (Lipinski definition) is 0. The van der Waals surface area contributed by atoms with Gasteiger partial charge in [-0.2, -0.15) is 5.26 Å². The molecule has 2 saturated carbocycles. The Morgan fingerprint density at radius 1 is 1.06 bits per heavy atom. The number of ether oxygens (including phenoxy) is 1. The van der Waals surface area contributed by atoms with Gasteiger partial charge < -0.3 is 4.74 Å². The number of methoxy groups -OCH3 is 1. The van der Waals surface area contributed by atoms with Gasteiger partial charge in [0.25, 0.3) is 0 Å². The topological polar surface area (TPSA) is 33.0 Å². The molecule has 0 aliphatic heterocycles. The minimum atomic E-state index is -0.173. The second-order valence-corrected chi connectivity index (χ2v) is 6.68. The molecule has 2 nitrogen and oxygen atoms in total. The third-order valence-corrected chi connectivity index (χ3v) is 5.37. The highest BCUT2D eigenvalue weighted by Gasteiger charge is 2.38. The molecule has 0 heterocycles. The monoisotopic (exact) mass is 249 g/mol. The summed E-state index contributed by atoms with van der Waals surface area (Å²) in [6, 6.07) is 2.52. The molecule has 0 unspecified atom stereocenters. The van der Waals surface area contributed by atoms with Gasteiger partial charge in [0.2, 0.25) is 0 Å². The van der Waals surface area contributed by atoms with Crippen molar-refractivity contribution >= 4 is 0 Å². The Kier molecular flexibility index (Phi) is 4.67. The van der Waals surface area contributed by atoms with Crippen molar-refractivity contribution in [2.24, 2.45) is 23.2 Å². The van der Waals surface area contributed by atoms with Crippen LogP contribution >= 0.6 is 0 Å². The first-order valence-corrected chi connectivity index (χ1v) is 7.59. The summed E-state index contributed by atoms with van der Waals surface area (Å²) in [6.45, 7) is 3.01. The Balaban J connectivity index is 1.84. The third kappa shape index (κ3) is 3.06. The van der Waals surface area contributed by atoms with Gasteiger partial charge in [-0.3, -0.25) is 0 Å². The molecule has 0 N–H and O–H groups in total. The average molecular weight is 249 g/mol. The minimum Gasteiger partial charge on any atom is -0.383 e. The maximum absolute atomic E-state index is 9.37. The van der Waals surface area contributed by atoms with Crippen LogP contribution in [0.15, 0.2) is 0 Å². The lowest BCUT2D eigenvalue weighted by molar-refractivity contribution is 0.0565. The number of rotatable bonds is 3. The highest BCUT2D eigenvalue weighted by molar-refractivity contribution is 5.02. The largest absolute Gasteiger partial charge is 0.383 e. The van der Waals surface area contributed by atoms with Crippen LogP contribution in [0.1, 0.15) is 58.3 Å². The molecule has 0 aromatic heterocycles. The van der Waals surface area contributed by atoms with Gasteiger partial charge in [0.1, 0.15) is 0 Å². The van der Waals surface area contributed by atoms with Gasteiger partial charge in [0, 0.05) is 7.11 Å². The highest BCUT2D eigenvalue weighted by Crippen LogP contribution is 2.45. The highest BCUT2D eigenvalue weighted by atomic mass is 16.5. The summed E-state index contributed by atoms with van der Waals surface area (Å²) in [6.07, 6.45) is 10.3. The van der Waals surface area contributed by atoms with Crippen LogP contribution in [-0.2, 0) is 4.74 Å². The first-order valence-electron chi connectivity index (χ1n) is 7.59. The Hall–Kier alpha value is -0.550. The fourth-order valence-electron chi connectivity index (χ4n) is 3.99. The van der Waals surface area contributed by atoms with E-state index >= 15 is 0 Å². The predicted molar refractivity (Wildman–Crippen MR) is 73.0 cm³/mol. The summed E-state index contributed by atoms with van der Waals surface area (Å²) in [7, 11) is 1.72. The van der Waals surface area contributed by atoms with Crippen molar-refractivity contribution in [3.05, 3.63) is 0 Å². The molecule has 0 atom stereocenters. The smallest absolute Gasteiger partial charge is 0.0807 e. The average Bonchev–Trinajstić information content (AvgIpc) is 2.41. The van der Waals surface area contributed by atoms with Crippen LogP contribution in [0.2, 0.25) is 0 Å². The van der Waals surface area contributed by atoms with E-state index < -0.39 is 0 Å². The van der Waals surface area contributed by atoms with Crippen LogP contribution in [0.3, 0.4) is 0 Å². The van der Waals surface area contributed by atoms with E-state index in [0.717, 1.165) is 30.6 Å². The Morgan fingerprint density at radius 3 is 2.11 bits per heavy atom. The van der Waals surface area contributed by atoms with Crippen LogP contribution in [0.25, 0.3) is 0 Å². The van der Waals surface area contributed by atoms with E-state index in [1.165, 1.54) is 38.5 Å². The zero-order chi connectivity index (χ0) is 13.0. The SMILES string of the molecule is COCC1(C#N)CCC(C2CCC(C)CC2)CC1. The zero-order valence-corrected chi connectivity index (χ0v) is 12.0. The summed E-state index contributed by atoms with van der Waals surface area (Å²) in [4.78, 5) is 0. The number of nitrogens with zero attached hydrogens (tertiary/aromatic N) is 1. The van der Waals surface area contributed by atoms with Gasteiger partial charge in [-0.15, -0.1) is 0 Å². The Morgan fingerprint density at radius 2 is 1.61 bits per heavy atom. The van der Waals surface area contributed by atoms with Gasteiger partial charge in [-0.25, -0.2) is 0 Å². The van der Waals surface area contributed by atoms with Crippen LogP contribution in [0.4, 0.5) is 0 Å². The normalized spacial score (nSPS) is 41.3. The maximum atomic E-state index is 9.37. The summed E-state index contributed by atoms with van der Waals surface area (Å²) in [5.41, 5.74) is -0.173. The number of hydrogen-bond acceptors (Lipinski definition) is 2. The summed E-state index contributed by atoms with van der Waals surface area (Å²) < 4.78 is 5.25. The molecule has 2 aliphatic rings. The minimum absolute atomic E-state index is 0.173. The molecular formula is C16H27NO. The molecule has 2 fully saturated rings. The van der Waals surface area contributed by atoms with Gasteiger partial charge in [0.15, 0.2) is 0 Å². The van der Waals surface area contributed by atoms with Gasteiger partial charge in [-0.05, 0) is 56.3 Å². The van der Waals surface area contributed by atoms with Crippen molar-refractivity contribution in [1.29, 1.82) is 5.26 Å². The Bertz CT molecular complexity index is 291. The van der Waals surface area contributed by atoms with E-state index in [9.17, 15) is 5.26 Å². The molecular weight excluding hydrogens is 222 g/mol. The lowest BCUT2D eigenvalue weighted by atomic mass is 9.65. The standard InChI is InChI=1S/C16H27NO/c1-13-3-5-14(6-4-13)15-7-9-16(11-17,10-8-15)12-18-2/h13-15H,3-10,12H2,1-2H3.